The molecule has 0 aliphatic carbocycles. The van der Waals surface area contributed by atoms with Crippen molar-refractivity contribution in [2.45, 2.75) is 20.8 Å². The molecular formula is C16H18BrN3O. The number of hydrogen-bond acceptors (Lipinski definition) is 3. The molecule has 1 amide bonds. The molecule has 0 aliphatic rings. The maximum absolute atomic E-state index is 12.5. The minimum atomic E-state index is -0.184. The monoisotopic (exact) mass is 347 g/mol. The van der Waals surface area contributed by atoms with Crippen LogP contribution in [0.4, 0.5) is 11.4 Å². The van der Waals surface area contributed by atoms with Crippen LogP contribution in [0.1, 0.15) is 27.0 Å². The van der Waals surface area contributed by atoms with Gasteiger partial charge in [-0.3, -0.25) is 10.6 Å². The van der Waals surface area contributed by atoms with Crippen LogP contribution in [-0.2, 0) is 0 Å². The van der Waals surface area contributed by atoms with Crippen LogP contribution < -0.4 is 16.6 Å². The van der Waals surface area contributed by atoms with Crippen molar-refractivity contribution in [1.82, 2.24) is 0 Å². The first-order valence-corrected chi connectivity index (χ1v) is 7.37. The zero-order valence-electron chi connectivity index (χ0n) is 12.3. The molecule has 0 aromatic heterocycles. The number of carbonyl (C=O) groups is 1. The molecule has 5 heteroatoms. The van der Waals surface area contributed by atoms with E-state index in [1.807, 2.05) is 45.0 Å². The number of benzene rings is 2. The van der Waals surface area contributed by atoms with Gasteiger partial charge in [0.15, 0.2) is 0 Å². The molecule has 110 valence electrons. The van der Waals surface area contributed by atoms with E-state index in [2.05, 4.69) is 26.7 Å². The lowest BCUT2D eigenvalue weighted by Gasteiger charge is -2.14. The number of hydrazine groups is 1. The molecule has 0 heterocycles. The Labute approximate surface area is 132 Å². The standard InChI is InChI=1S/C16H18BrN3O/c1-9-4-5-13(14(6-9)20-18)16(21)19-15-10(2)7-12(17)8-11(15)3/h4-8,20H,18H2,1-3H3,(H,19,21). The highest BCUT2D eigenvalue weighted by Crippen LogP contribution is 2.26. The molecule has 0 fully saturated rings. The molecule has 0 saturated heterocycles. The number of nitrogens with one attached hydrogen (secondary N) is 2. The second kappa shape index (κ2) is 6.28. The fraction of sp³-hybridized carbons (Fsp3) is 0.188. The SMILES string of the molecule is Cc1ccc(C(=O)Nc2c(C)cc(Br)cc2C)c(NN)c1. The third kappa shape index (κ3) is 3.43. The van der Waals surface area contributed by atoms with Crippen LogP contribution in [0.5, 0.6) is 0 Å². The number of anilines is 2. The van der Waals surface area contributed by atoms with Crippen LogP contribution in [0.3, 0.4) is 0 Å². The number of nitrogen functional groups attached to an aromatic ring is 1. The van der Waals surface area contributed by atoms with E-state index in [4.69, 9.17) is 5.84 Å². The summed E-state index contributed by atoms with van der Waals surface area (Å²) in [5, 5.41) is 2.96. The van der Waals surface area contributed by atoms with Crippen molar-refractivity contribution in [1.29, 1.82) is 0 Å². The Kier molecular flexibility index (Phi) is 4.65. The fourth-order valence-corrected chi connectivity index (χ4v) is 2.95. The van der Waals surface area contributed by atoms with Gasteiger partial charge in [0.1, 0.15) is 0 Å². The van der Waals surface area contributed by atoms with Crippen molar-refractivity contribution in [3.63, 3.8) is 0 Å². The predicted octanol–water partition coefficient (Wildman–Crippen LogP) is 3.91. The van der Waals surface area contributed by atoms with Crippen LogP contribution in [-0.4, -0.2) is 5.91 Å². The smallest absolute Gasteiger partial charge is 0.257 e. The quantitative estimate of drug-likeness (QED) is 0.582. The number of rotatable bonds is 3. The van der Waals surface area contributed by atoms with Crippen molar-refractivity contribution < 1.29 is 4.79 Å². The lowest BCUT2D eigenvalue weighted by molar-refractivity contribution is 0.102. The summed E-state index contributed by atoms with van der Waals surface area (Å²) < 4.78 is 0.996. The van der Waals surface area contributed by atoms with Gasteiger partial charge in [-0.15, -0.1) is 0 Å². The van der Waals surface area contributed by atoms with Gasteiger partial charge in [-0.05, 0) is 61.7 Å². The van der Waals surface area contributed by atoms with Crippen molar-refractivity contribution >= 4 is 33.2 Å². The Bertz CT molecular complexity index is 675. The summed E-state index contributed by atoms with van der Waals surface area (Å²) in [6.45, 7) is 5.88. The number of amides is 1. The zero-order chi connectivity index (χ0) is 15.6. The van der Waals surface area contributed by atoms with Crippen LogP contribution in [0.15, 0.2) is 34.8 Å². The Morgan fingerprint density at radius 1 is 1.10 bits per heavy atom. The second-order valence-corrected chi connectivity index (χ2v) is 5.98. The van der Waals surface area contributed by atoms with Crippen LogP contribution >= 0.6 is 15.9 Å². The van der Waals surface area contributed by atoms with E-state index in [0.29, 0.717) is 11.3 Å². The Hall–Kier alpha value is -1.85. The highest BCUT2D eigenvalue weighted by atomic mass is 79.9. The highest BCUT2D eigenvalue weighted by Gasteiger charge is 2.14. The number of carbonyl (C=O) groups excluding carboxylic acids is 1. The number of halogens is 1. The molecule has 2 aromatic rings. The van der Waals surface area contributed by atoms with E-state index in [9.17, 15) is 4.79 Å². The van der Waals surface area contributed by atoms with Crippen LogP contribution in [0.25, 0.3) is 0 Å². The van der Waals surface area contributed by atoms with E-state index in [0.717, 1.165) is 26.9 Å². The molecule has 4 nitrogen and oxygen atoms in total. The Morgan fingerprint density at radius 2 is 1.71 bits per heavy atom. The molecule has 0 aliphatic heterocycles. The summed E-state index contributed by atoms with van der Waals surface area (Å²) in [6, 6.07) is 9.44. The summed E-state index contributed by atoms with van der Waals surface area (Å²) in [5.41, 5.74) is 7.57. The Morgan fingerprint density at radius 3 is 2.29 bits per heavy atom. The van der Waals surface area contributed by atoms with Crippen molar-refractivity contribution in [3.05, 3.63) is 57.1 Å². The maximum Gasteiger partial charge on any atom is 0.257 e. The molecule has 0 saturated carbocycles. The van der Waals surface area contributed by atoms with E-state index < -0.39 is 0 Å². The largest absolute Gasteiger partial charge is 0.323 e. The third-order valence-electron chi connectivity index (χ3n) is 3.31. The zero-order valence-corrected chi connectivity index (χ0v) is 13.8. The highest BCUT2D eigenvalue weighted by molar-refractivity contribution is 9.10. The first-order valence-electron chi connectivity index (χ1n) is 6.57. The van der Waals surface area contributed by atoms with E-state index >= 15 is 0 Å². The third-order valence-corrected chi connectivity index (χ3v) is 3.77. The molecule has 0 atom stereocenters. The van der Waals surface area contributed by atoms with Crippen molar-refractivity contribution in [3.8, 4) is 0 Å². The van der Waals surface area contributed by atoms with Gasteiger partial charge in [-0.1, -0.05) is 22.0 Å². The summed E-state index contributed by atoms with van der Waals surface area (Å²) >= 11 is 3.45. The summed E-state index contributed by atoms with van der Waals surface area (Å²) in [7, 11) is 0. The topological polar surface area (TPSA) is 67.2 Å². The lowest BCUT2D eigenvalue weighted by atomic mass is 10.1. The van der Waals surface area contributed by atoms with Gasteiger partial charge in [0.2, 0.25) is 0 Å². The van der Waals surface area contributed by atoms with E-state index in [-0.39, 0.29) is 5.91 Å². The van der Waals surface area contributed by atoms with Gasteiger partial charge in [0.25, 0.3) is 5.91 Å². The molecule has 0 bridgehead atoms. The second-order valence-electron chi connectivity index (χ2n) is 5.06. The van der Waals surface area contributed by atoms with Gasteiger partial charge >= 0.3 is 0 Å². The molecule has 0 radical (unpaired) electrons. The Balaban J connectivity index is 2.35. The first kappa shape index (κ1) is 15.5. The molecule has 0 spiro atoms. The van der Waals surface area contributed by atoms with Gasteiger partial charge in [-0.2, -0.15) is 0 Å². The van der Waals surface area contributed by atoms with Crippen molar-refractivity contribution in [2.24, 2.45) is 5.84 Å². The summed E-state index contributed by atoms with van der Waals surface area (Å²) in [4.78, 5) is 12.5. The fourth-order valence-electron chi connectivity index (χ4n) is 2.26. The minimum Gasteiger partial charge on any atom is -0.323 e. The van der Waals surface area contributed by atoms with E-state index in [1.54, 1.807) is 6.07 Å². The number of hydrogen-bond donors (Lipinski definition) is 3. The summed E-state index contributed by atoms with van der Waals surface area (Å²) in [5.74, 6) is 5.31. The maximum atomic E-state index is 12.5. The van der Waals surface area contributed by atoms with Gasteiger partial charge in [-0.25, -0.2) is 0 Å². The predicted molar refractivity (Wildman–Crippen MR) is 90.6 cm³/mol. The molecule has 4 N–H and O–H groups in total. The number of aryl methyl sites for hydroxylation is 3. The molecule has 21 heavy (non-hydrogen) atoms. The average molecular weight is 348 g/mol. The normalized spacial score (nSPS) is 10.3. The summed E-state index contributed by atoms with van der Waals surface area (Å²) in [6.07, 6.45) is 0. The van der Waals surface area contributed by atoms with E-state index in [1.165, 1.54) is 0 Å². The first-order chi connectivity index (χ1) is 9.92. The van der Waals surface area contributed by atoms with Gasteiger partial charge in [0.05, 0.1) is 11.3 Å². The molecule has 2 rings (SSSR count). The average Bonchev–Trinajstić information content (AvgIpc) is 2.42. The molecular weight excluding hydrogens is 330 g/mol. The van der Waals surface area contributed by atoms with Crippen molar-refractivity contribution in [2.75, 3.05) is 10.7 Å². The van der Waals surface area contributed by atoms with Crippen LogP contribution in [0.2, 0.25) is 0 Å². The van der Waals surface area contributed by atoms with Gasteiger partial charge in [0, 0.05) is 10.2 Å². The molecule has 2 aromatic carbocycles. The number of nitrogens with two attached hydrogens (primary N) is 1. The lowest BCUT2D eigenvalue weighted by Crippen LogP contribution is -2.18. The minimum absolute atomic E-state index is 0.184. The molecule has 0 unspecified atom stereocenters. The van der Waals surface area contributed by atoms with Crippen LogP contribution in [0, 0.1) is 20.8 Å². The van der Waals surface area contributed by atoms with Gasteiger partial charge < -0.3 is 10.7 Å².